The molecule has 0 amide bonds. The number of rotatable bonds is 3. The molecule has 0 saturated carbocycles. The molecular formula is C21H21FN2O4S. The largest absolute Gasteiger partial charge is 0.508 e. The van der Waals surface area contributed by atoms with Crippen LogP contribution in [0.15, 0.2) is 47.4 Å². The number of nitriles is 1. The lowest BCUT2D eigenvalue weighted by Crippen LogP contribution is -2.37. The number of halogens is 1. The monoisotopic (exact) mass is 416 g/mol. The third kappa shape index (κ3) is 6.11. The van der Waals surface area contributed by atoms with Crippen molar-refractivity contribution in [3.8, 4) is 23.7 Å². The fourth-order valence-electron chi connectivity index (χ4n) is 2.63. The van der Waals surface area contributed by atoms with Gasteiger partial charge < -0.3 is 15.3 Å². The molecule has 29 heavy (non-hydrogen) atoms. The lowest BCUT2D eigenvalue weighted by molar-refractivity contribution is -0.000502. The Morgan fingerprint density at radius 3 is 2.48 bits per heavy atom. The molecule has 2 atom stereocenters. The molecule has 2 unspecified atom stereocenters. The van der Waals surface area contributed by atoms with Crippen molar-refractivity contribution in [2.45, 2.75) is 23.8 Å². The summed E-state index contributed by atoms with van der Waals surface area (Å²) < 4.78 is 26.5. The Bertz CT molecular complexity index is 979. The summed E-state index contributed by atoms with van der Waals surface area (Å²) in [4.78, 5) is 0.684. The highest BCUT2D eigenvalue weighted by atomic mass is 32.2. The van der Waals surface area contributed by atoms with Crippen LogP contribution < -0.4 is 0 Å². The summed E-state index contributed by atoms with van der Waals surface area (Å²) in [5, 5.41) is 36.0. The summed E-state index contributed by atoms with van der Waals surface area (Å²) in [6.07, 6.45) is 0.439. The van der Waals surface area contributed by atoms with Crippen LogP contribution in [0.1, 0.15) is 24.5 Å². The van der Waals surface area contributed by atoms with Gasteiger partial charge in [-0.15, -0.1) is 5.92 Å². The van der Waals surface area contributed by atoms with E-state index in [9.17, 15) is 13.7 Å². The van der Waals surface area contributed by atoms with Crippen molar-refractivity contribution < 1.29 is 23.9 Å². The molecule has 3 N–H and O–H groups in total. The second kappa shape index (κ2) is 10.1. The van der Waals surface area contributed by atoms with Gasteiger partial charge in [0, 0.05) is 24.7 Å². The maximum atomic E-state index is 12.5. The van der Waals surface area contributed by atoms with Crippen LogP contribution in [-0.2, 0) is 11.0 Å². The maximum Gasteiger partial charge on any atom is 0.144 e. The van der Waals surface area contributed by atoms with Gasteiger partial charge in [0.25, 0.3) is 0 Å². The van der Waals surface area contributed by atoms with Gasteiger partial charge in [-0.25, -0.2) is 12.9 Å². The second-order valence-electron chi connectivity index (χ2n) is 6.42. The van der Waals surface area contributed by atoms with Crippen LogP contribution >= 0.6 is 0 Å². The highest BCUT2D eigenvalue weighted by Crippen LogP contribution is 2.24. The quantitative estimate of drug-likeness (QED) is 0.663. The van der Waals surface area contributed by atoms with Gasteiger partial charge in [0.15, 0.2) is 0 Å². The van der Waals surface area contributed by atoms with E-state index in [2.05, 4.69) is 11.8 Å². The Labute approximate surface area is 171 Å². The van der Waals surface area contributed by atoms with Crippen molar-refractivity contribution in [1.29, 1.82) is 5.26 Å². The smallest absolute Gasteiger partial charge is 0.144 e. The van der Waals surface area contributed by atoms with Gasteiger partial charge in [0.05, 0.1) is 17.1 Å². The molecule has 8 heteroatoms. The van der Waals surface area contributed by atoms with Gasteiger partial charge in [0.1, 0.15) is 34.2 Å². The minimum atomic E-state index is -1.31. The molecule has 0 spiro atoms. The summed E-state index contributed by atoms with van der Waals surface area (Å²) in [5.74, 6) is 4.88. The number of aliphatic hydroxyl groups excluding tert-OH is 1. The van der Waals surface area contributed by atoms with Crippen molar-refractivity contribution in [2.75, 3.05) is 19.7 Å². The van der Waals surface area contributed by atoms with Crippen molar-refractivity contribution in [3.05, 3.63) is 59.4 Å². The molecule has 0 aliphatic carbocycles. The third-order valence-electron chi connectivity index (χ3n) is 4.22. The molecule has 0 bridgehead atoms. The van der Waals surface area contributed by atoms with Gasteiger partial charge >= 0.3 is 0 Å². The van der Waals surface area contributed by atoms with Crippen molar-refractivity contribution >= 4 is 11.0 Å². The van der Waals surface area contributed by atoms with Crippen LogP contribution in [0.5, 0.6) is 5.75 Å². The molecule has 1 aliphatic heterocycles. The first-order valence-electron chi connectivity index (χ1n) is 8.73. The third-order valence-corrected chi connectivity index (χ3v) is 5.68. The number of benzene rings is 2. The number of phenols is 1. The zero-order valence-corrected chi connectivity index (χ0v) is 16.6. The van der Waals surface area contributed by atoms with Gasteiger partial charge in [-0.05, 0) is 49.7 Å². The lowest BCUT2D eigenvalue weighted by Gasteiger charge is -2.20. The number of hydrogen-bond acceptors (Lipinski definition) is 5. The molecule has 1 heterocycles. The summed E-state index contributed by atoms with van der Waals surface area (Å²) in [6, 6.07) is 12.3. The Balaban J connectivity index is 0.000000253. The molecule has 3 rings (SSSR count). The van der Waals surface area contributed by atoms with E-state index in [0.717, 1.165) is 11.6 Å². The van der Waals surface area contributed by atoms with Crippen LogP contribution in [-0.4, -0.2) is 49.1 Å². The van der Waals surface area contributed by atoms with E-state index in [1.807, 2.05) is 12.1 Å². The van der Waals surface area contributed by atoms with Gasteiger partial charge in [-0.1, -0.05) is 5.92 Å². The number of hydrogen-bond donors (Lipinski definition) is 3. The summed E-state index contributed by atoms with van der Waals surface area (Å²) in [5.41, 5.74) is -0.294. The molecule has 1 saturated heterocycles. The number of aromatic hydroxyl groups is 1. The van der Waals surface area contributed by atoms with Crippen LogP contribution in [0.3, 0.4) is 0 Å². The fourth-order valence-corrected chi connectivity index (χ4v) is 3.91. The van der Waals surface area contributed by atoms with E-state index in [0.29, 0.717) is 17.9 Å². The first-order valence-corrected chi connectivity index (χ1v) is 9.84. The average molecular weight is 416 g/mol. The maximum absolute atomic E-state index is 12.5. The van der Waals surface area contributed by atoms with E-state index in [1.54, 1.807) is 29.4 Å². The van der Waals surface area contributed by atoms with Crippen LogP contribution in [0, 0.1) is 29.0 Å². The van der Waals surface area contributed by atoms with Crippen LogP contribution in [0.4, 0.5) is 4.39 Å². The average Bonchev–Trinajstić information content (AvgIpc) is 3.12. The molecule has 0 aromatic heterocycles. The zero-order chi connectivity index (χ0) is 21.4. The predicted octanol–water partition coefficient (Wildman–Crippen LogP) is 1.91. The Morgan fingerprint density at radius 1 is 1.28 bits per heavy atom. The highest BCUT2D eigenvalue weighted by molar-refractivity contribution is 7.82. The van der Waals surface area contributed by atoms with Crippen molar-refractivity contribution in [3.63, 3.8) is 0 Å². The Hall–Kier alpha value is -2.75. The number of aliphatic hydroxyl groups is 2. The van der Waals surface area contributed by atoms with Gasteiger partial charge in [-0.2, -0.15) is 5.26 Å². The molecule has 1 aliphatic rings. The molecule has 1 fully saturated rings. The molecule has 2 aromatic rings. The van der Waals surface area contributed by atoms with Gasteiger partial charge in [0.2, 0.25) is 0 Å². The first kappa shape index (κ1) is 22.5. The molecule has 6 nitrogen and oxygen atoms in total. The highest BCUT2D eigenvalue weighted by Gasteiger charge is 2.38. The normalized spacial score (nSPS) is 19.3. The molecule has 0 radical (unpaired) electrons. The minimum Gasteiger partial charge on any atom is -0.508 e. The van der Waals surface area contributed by atoms with Crippen molar-refractivity contribution in [1.82, 2.24) is 4.31 Å². The molecule has 152 valence electrons. The fraction of sp³-hybridized carbons (Fsp3) is 0.286. The van der Waals surface area contributed by atoms with Crippen molar-refractivity contribution in [2.24, 2.45) is 0 Å². The van der Waals surface area contributed by atoms with E-state index in [-0.39, 0.29) is 24.5 Å². The van der Waals surface area contributed by atoms with Crippen LogP contribution in [0.25, 0.3) is 0 Å². The number of β-amino-alcohol motifs (C(OH)–C–C–N with tert-alkyl or cyclic N) is 1. The topological polar surface area (TPSA) is 105 Å². The van der Waals surface area contributed by atoms with Gasteiger partial charge in [-0.3, -0.25) is 0 Å². The Kier molecular flexibility index (Phi) is 7.89. The van der Waals surface area contributed by atoms with E-state index >= 15 is 0 Å². The summed E-state index contributed by atoms with van der Waals surface area (Å²) in [6.45, 7) is 2.21. The molecular weight excluding hydrogens is 395 g/mol. The zero-order valence-electron chi connectivity index (χ0n) is 15.8. The minimum absolute atomic E-state index is 0.0576. The van der Waals surface area contributed by atoms with Crippen LogP contribution in [0.2, 0.25) is 0 Å². The Morgan fingerprint density at radius 2 is 1.97 bits per heavy atom. The van der Waals surface area contributed by atoms with E-state index in [4.69, 9.17) is 15.5 Å². The van der Waals surface area contributed by atoms with E-state index in [1.165, 1.54) is 12.1 Å². The lowest BCUT2D eigenvalue weighted by atomic mass is 10.1. The van der Waals surface area contributed by atoms with E-state index < -0.39 is 22.4 Å². The number of nitrogens with zero attached hydrogens (tertiary/aromatic N) is 2. The number of phenolic OH excluding ortho intramolecular Hbond substituents is 1. The SMILES string of the molecule is CC#Cc1ccc(S(=O)N2CCC(O)(CO)C2)cc1.N#Cc1ccc(O)cc1F. The predicted molar refractivity (Wildman–Crippen MR) is 106 cm³/mol. The first-order chi connectivity index (χ1) is 13.8. The summed E-state index contributed by atoms with van der Waals surface area (Å²) >= 11 is 0. The standard InChI is InChI=1S/C14H17NO3S.C7H4FNO/c1-2-3-12-4-6-13(7-5-12)19(18)15-9-8-14(17,10-15)11-16;8-7-3-6(10)2-1-5(7)4-9/h4-7,16-17H,8-11H2,1H3;1-3,10H. The summed E-state index contributed by atoms with van der Waals surface area (Å²) in [7, 11) is -1.31. The molecule has 2 aromatic carbocycles. The second-order valence-corrected chi connectivity index (χ2v) is 7.91.